The van der Waals surface area contributed by atoms with Crippen LogP contribution in [0.25, 0.3) is 10.9 Å². The Balaban J connectivity index is 1.85. The van der Waals surface area contributed by atoms with Crippen LogP contribution in [-0.2, 0) is 0 Å². The van der Waals surface area contributed by atoms with Crippen molar-refractivity contribution in [1.29, 1.82) is 0 Å². The smallest absolute Gasteiger partial charge is 0.341 e. The number of carboxylic acid groups (broad SMARTS) is 1. The second kappa shape index (κ2) is 5.41. The third kappa shape index (κ3) is 2.21. The third-order valence-corrected chi connectivity index (χ3v) is 5.88. The van der Waals surface area contributed by atoms with E-state index in [-0.39, 0.29) is 34.7 Å². The molecule has 4 N–H and O–H groups in total. The van der Waals surface area contributed by atoms with Gasteiger partial charge in [-0.2, -0.15) is 0 Å². The number of nitrogens with one attached hydrogen (secondary N) is 1. The monoisotopic (exact) mass is 376 g/mol. The van der Waals surface area contributed by atoms with Gasteiger partial charge in [0.1, 0.15) is 11.3 Å². The number of nitrogens with two attached hydrogens (primary N) is 1. The Morgan fingerprint density at radius 3 is 2.56 bits per heavy atom. The van der Waals surface area contributed by atoms with Gasteiger partial charge < -0.3 is 25.6 Å². The maximum Gasteiger partial charge on any atom is 0.341 e. The Morgan fingerprint density at radius 2 is 2.00 bits per heavy atom. The first-order chi connectivity index (χ1) is 12.9. The molecule has 2 aliphatic heterocycles. The molecule has 1 saturated carbocycles. The number of nitrogens with zero attached hydrogens (tertiary/aromatic N) is 2. The number of rotatable bonds is 3. The summed E-state index contributed by atoms with van der Waals surface area (Å²) < 4.78 is 32.1. The lowest BCUT2D eigenvalue weighted by Gasteiger charge is -2.31. The zero-order chi connectivity index (χ0) is 19.0. The predicted octanol–water partition coefficient (Wildman–Crippen LogP) is 1.45. The molecule has 0 spiro atoms. The molecular formula is C18H18F2N4O3. The number of hydrogen-bond acceptors (Lipinski definition) is 5. The number of nitrogen functional groups attached to an aromatic ring is 1. The minimum atomic E-state index is -1.44. The van der Waals surface area contributed by atoms with Crippen LogP contribution in [-0.4, -0.2) is 40.8 Å². The summed E-state index contributed by atoms with van der Waals surface area (Å²) in [5.74, 6) is -3.27. The fraction of sp³-hybridized carbons (Fsp3) is 0.444. The fourth-order valence-electron chi connectivity index (χ4n) is 4.43. The summed E-state index contributed by atoms with van der Waals surface area (Å²) in [6.07, 6.45) is 3.43. The molecule has 27 heavy (non-hydrogen) atoms. The van der Waals surface area contributed by atoms with E-state index in [0.29, 0.717) is 13.1 Å². The summed E-state index contributed by atoms with van der Waals surface area (Å²) in [6.45, 7) is 1.10. The van der Waals surface area contributed by atoms with Crippen LogP contribution in [0.5, 0.6) is 0 Å². The largest absolute Gasteiger partial charge is 0.477 e. The van der Waals surface area contributed by atoms with E-state index in [9.17, 15) is 14.7 Å². The number of piperazine rings is 1. The summed E-state index contributed by atoms with van der Waals surface area (Å²) in [7, 11) is 0. The normalized spacial score (nSPS) is 24.1. The van der Waals surface area contributed by atoms with Crippen molar-refractivity contribution in [3.8, 4) is 0 Å². The van der Waals surface area contributed by atoms with E-state index in [4.69, 9.17) is 5.73 Å². The maximum atomic E-state index is 15.6. The molecule has 3 heterocycles. The lowest BCUT2D eigenvalue weighted by Crippen LogP contribution is -2.44. The maximum absolute atomic E-state index is 15.6. The molecule has 3 fully saturated rings. The van der Waals surface area contributed by atoms with Gasteiger partial charge in [-0.15, -0.1) is 0 Å². The lowest BCUT2D eigenvalue weighted by atomic mass is 10.1. The SMILES string of the molecule is Nc1c(F)c(N2C[C@H]3C[C@@H]2CN3)c(F)c2c1c(=O)c(C(=O)O)cn2C1CC1. The Hall–Kier alpha value is -2.68. The highest BCUT2D eigenvalue weighted by atomic mass is 19.1. The van der Waals surface area contributed by atoms with Crippen molar-refractivity contribution in [3.63, 3.8) is 0 Å². The van der Waals surface area contributed by atoms with Crippen LogP contribution >= 0.6 is 0 Å². The minimum Gasteiger partial charge on any atom is -0.477 e. The van der Waals surface area contributed by atoms with Gasteiger partial charge in [0, 0.05) is 37.4 Å². The number of anilines is 2. The van der Waals surface area contributed by atoms with Crippen molar-refractivity contribution in [2.75, 3.05) is 23.7 Å². The highest BCUT2D eigenvalue weighted by molar-refractivity contribution is 5.99. The number of hydrogen-bond donors (Lipinski definition) is 3. The van der Waals surface area contributed by atoms with Crippen LogP contribution in [0.2, 0.25) is 0 Å². The number of halogens is 2. The molecule has 5 rings (SSSR count). The molecule has 1 aliphatic carbocycles. The topological polar surface area (TPSA) is 101 Å². The van der Waals surface area contributed by atoms with Crippen LogP contribution in [0.4, 0.5) is 20.2 Å². The number of carboxylic acids is 1. The van der Waals surface area contributed by atoms with E-state index >= 15 is 8.78 Å². The van der Waals surface area contributed by atoms with Gasteiger partial charge in [-0.05, 0) is 19.3 Å². The van der Waals surface area contributed by atoms with Gasteiger partial charge in [-0.3, -0.25) is 4.79 Å². The van der Waals surface area contributed by atoms with Crippen molar-refractivity contribution >= 4 is 28.2 Å². The number of benzene rings is 1. The molecule has 142 valence electrons. The van der Waals surface area contributed by atoms with Crippen LogP contribution in [0.3, 0.4) is 0 Å². The Morgan fingerprint density at radius 1 is 1.26 bits per heavy atom. The summed E-state index contributed by atoms with van der Waals surface area (Å²) >= 11 is 0. The summed E-state index contributed by atoms with van der Waals surface area (Å²) in [5, 5.41) is 12.2. The average molecular weight is 376 g/mol. The van der Waals surface area contributed by atoms with E-state index in [1.165, 1.54) is 4.57 Å². The summed E-state index contributed by atoms with van der Waals surface area (Å²) in [5.41, 5.74) is 3.63. The number of aromatic carboxylic acids is 1. The molecule has 1 aromatic heterocycles. The number of fused-ring (bicyclic) bond motifs is 3. The van der Waals surface area contributed by atoms with Gasteiger partial charge >= 0.3 is 5.97 Å². The molecule has 1 aromatic carbocycles. The quantitative estimate of drug-likeness (QED) is 0.701. The van der Waals surface area contributed by atoms with Crippen molar-refractivity contribution in [3.05, 3.63) is 33.6 Å². The van der Waals surface area contributed by atoms with Crippen LogP contribution in [0, 0.1) is 11.6 Å². The lowest BCUT2D eigenvalue weighted by molar-refractivity contribution is 0.0695. The molecule has 2 atom stereocenters. The summed E-state index contributed by atoms with van der Waals surface area (Å²) in [4.78, 5) is 25.7. The number of aromatic nitrogens is 1. The van der Waals surface area contributed by atoms with Crippen LogP contribution in [0.1, 0.15) is 35.7 Å². The Bertz CT molecular complexity index is 1060. The molecule has 2 aromatic rings. The molecule has 2 saturated heterocycles. The standard InChI is InChI=1S/C18H18F2N4O3/c19-12-14(21)11-15(13(20)16(12)23-5-7-3-9(23)4-22-7)24(8-1-2-8)6-10(17(11)25)18(26)27/h6-9,22H,1-5,21H2,(H,26,27)/t7-,9-/m1/s1. The molecule has 0 amide bonds. The van der Waals surface area contributed by atoms with Crippen LogP contribution < -0.4 is 21.4 Å². The van der Waals surface area contributed by atoms with Crippen molar-refractivity contribution in [2.45, 2.75) is 37.4 Å². The molecule has 0 unspecified atom stereocenters. The molecule has 7 nitrogen and oxygen atoms in total. The van der Waals surface area contributed by atoms with Crippen molar-refractivity contribution in [1.82, 2.24) is 9.88 Å². The zero-order valence-electron chi connectivity index (χ0n) is 14.3. The second-order valence-corrected chi connectivity index (χ2v) is 7.58. The highest BCUT2D eigenvalue weighted by Gasteiger charge is 2.41. The van der Waals surface area contributed by atoms with Gasteiger partial charge in [-0.1, -0.05) is 0 Å². The Labute approximate surface area is 152 Å². The first-order valence-corrected chi connectivity index (χ1v) is 8.97. The van der Waals surface area contributed by atoms with Crippen molar-refractivity contribution < 1.29 is 18.7 Å². The molecule has 2 bridgehead atoms. The van der Waals surface area contributed by atoms with E-state index < -0.39 is 34.3 Å². The minimum absolute atomic E-state index is 0.0322. The van der Waals surface area contributed by atoms with E-state index in [1.54, 1.807) is 4.90 Å². The first-order valence-electron chi connectivity index (χ1n) is 8.97. The molecule has 0 radical (unpaired) electrons. The van der Waals surface area contributed by atoms with Gasteiger partial charge in [0.15, 0.2) is 11.6 Å². The van der Waals surface area contributed by atoms with Gasteiger partial charge in [0.2, 0.25) is 5.43 Å². The average Bonchev–Trinajstić information content (AvgIpc) is 3.26. The molecule has 9 heteroatoms. The van der Waals surface area contributed by atoms with Crippen molar-refractivity contribution in [2.24, 2.45) is 0 Å². The molecular weight excluding hydrogens is 358 g/mol. The van der Waals surface area contributed by atoms with Gasteiger partial charge in [-0.25, -0.2) is 13.6 Å². The van der Waals surface area contributed by atoms with Gasteiger partial charge in [0.05, 0.1) is 16.6 Å². The van der Waals surface area contributed by atoms with E-state index in [2.05, 4.69) is 5.32 Å². The zero-order valence-corrected chi connectivity index (χ0v) is 14.3. The predicted molar refractivity (Wildman–Crippen MR) is 95.3 cm³/mol. The van der Waals surface area contributed by atoms with E-state index in [0.717, 1.165) is 25.5 Å². The summed E-state index contributed by atoms with van der Waals surface area (Å²) in [6, 6.07) is 0.0241. The molecule has 3 aliphatic rings. The second-order valence-electron chi connectivity index (χ2n) is 7.58. The third-order valence-electron chi connectivity index (χ3n) is 5.88. The van der Waals surface area contributed by atoms with E-state index in [1.807, 2.05) is 0 Å². The van der Waals surface area contributed by atoms with Gasteiger partial charge in [0.25, 0.3) is 0 Å². The number of pyridine rings is 1. The first kappa shape index (κ1) is 16.5. The Kier molecular flexibility index (Phi) is 3.31. The fourth-order valence-corrected chi connectivity index (χ4v) is 4.43. The van der Waals surface area contributed by atoms with Crippen LogP contribution in [0.15, 0.2) is 11.0 Å². The highest BCUT2D eigenvalue weighted by Crippen LogP contribution is 2.43. The number of carbonyl (C=O) groups is 1.